The summed E-state index contributed by atoms with van der Waals surface area (Å²) in [4.78, 5) is 16.2. The number of benzene rings is 1. The molecule has 128 valence electrons. The minimum atomic E-state index is -0.0139. The van der Waals surface area contributed by atoms with Gasteiger partial charge in [0.2, 0.25) is 0 Å². The van der Waals surface area contributed by atoms with Gasteiger partial charge in [-0.3, -0.25) is 9.88 Å². The fourth-order valence-electron chi connectivity index (χ4n) is 3.42. The number of hydrogen-bond acceptors (Lipinski definition) is 4. The van der Waals surface area contributed by atoms with Crippen LogP contribution in [-0.2, 0) is 24.9 Å². The van der Waals surface area contributed by atoms with Crippen molar-refractivity contribution < 1.29 is 0 Å². The Bertz CT molecular complexity index is 906. The van der Waals surface area contributed by atoms with Gasteiger partial charge in [0.25, 0.3) is 0 Å². The van der Waals surface area contributed by atoms with Gasteiger partial charge in [-0.15, -0.1) is 0 Å². The Balaban J connectivity index is 1.60. The van der Waals surface area contributed by atoms with Crippen LogP contribution in [0.5, 0.6) is 0 Å². The number of nitrogens with zero attached hydrogens (tertiary/aromatic N) is 4. The van der Waals surface area contributed by atoms with E-state index < -0.39 is 0 Å². The second-order valence-electron chi connectivity index (χ2n) is 7.89. The van der Waals surface area contributed by atoms with Gasteiger partial charge in [0.05, 0.1) is 5.69 Å². The minimum absolute atomic E-state index is 0.0139. The zero-order valence-electron chi connectivity index (χ0n) is 15.2. The molecule has 3 heterocycles. The van der Waals surface area contributed by atoms with E-state index in [-0.39, 0.29) is 5.41 Å². The van der Waals surface area contributed by atoms with Crippen LogP contribution in [0, 0.1) is 0 Å². The molecule has 0 N–H and O–H groups in total. The lowest BCUT2D eigenvalue weighted by molar-refractivity contribution is 0.241. The third kappa shape index (κ3) is 3.27. The first-order chi connectivity index (χ1) is 12.0. The fourth-order valence-corrected chi connectivity index (χ4v) is 3.42. The first kappa shape index (κ1) is 16.2. The quantitative estimate of drug-likeness (QED) is 0.714. The minimum Gasteiger partial charge on any atom is -0.293 e. The predicted molar refractivity (Wildman–Crippen MR) is 100 cm³/mol. The summed E-state index contributed by atoms with van der Waals surface area (Å²) in [6.45, 7) is 9.38. The molecule has 0 saturated carbocycles. The average Bonchev–Trinajstić information content (AvgIpc) is 2.61. The summed E-state index contributed by atoms with van der Waals surface area (Å²) < 4.78 is 0. The van der Waals surface area contributed by atoms with Gasteiger partial charge in [0.15, 0.2) is 0 Å². The van der Waals surface area contributed by atoms with E-state index in [2.05, 4.69) is 59.9 Å². The molecule has 4 nitrogen and oxygen atoms in total. The molecule has 0 atom stereocenters. The summed E-state index contributed by atoms with van der Waals surface area (Å²) in [6, 6.07) is 8.58. The van der Waals surface area contributed by atoms with Crippen LogP contribution in [0.3, 0.4) is 0 Å². The van der Waals surface area contributed by atoms with Gasteiger partial charge in [0, 0.05) is 49.0 Å². The summed E-state index contributed by atoms with van der Waals surface area (Å²) in [5, 5.41) is 2.50. The summed E-state index contributed by atoms with van der Waals surface area (Å²) >= 11 is 0. The summed E-state index contributed by atoms with van der Waals surface area (Å²) in [6.07, 6.45) is 6.86. The molecule has 1 aliphatic heterocycles. The molecule has 0 fully saturated rings. The van der Waals surface area contributed by atoms with Crippen molar-refractivity contribution in [3.05, 3.63) is 65.5 Å². The molecule has 1 aliphatic rings. The zero-order valence-corrected chi connectivity index (χ0v) is 15.2. The molecule has 0 aliphatic carbocycles. The van der Waals surface area contributed by atoms with Gasteiger partial charge >= 0.3 is 0 Å². The Morgan fingerprint density at radius 2 is 2.00 bits per heavy atom. The van der Waals surface area contributed by atoms with Crippen molar-refractivity contribution in [2.24, 2.45) is 0 Å². The normalized spacial score (nSPS) is 15.3. The van der Waals surface area contributed by atoms with E-state index in [1.807, 2.05) is 18.6 Å². The third-order valence-electron chi connectivity index (χ3n) is 4.86. The van der Waals surface area contributed by atoms with Gasteiger partial charge in [-0.1, -0.05) is 39.0 Å². The third-order valence-corrected chi connectivity index (χ3v) is 4.86. The Labute approximate surface area is 149 Å². The van der Waals surface area contributed by atoms with Crippen molar-refractivity contribution >= 4 is 10.8 Å². The average molecular weight is 332 g/mol. The van der Waals surface area contributed by atoms with Crippen molar-refractivity contribution in [1.82, 2.24) is 19.9 Å². The van der Waals surface area contributed by atoms with Gasteiger partial charge < -0.3 is 0 Å². The Morgan fingerprint density at radius 1 is 1.12 bits per heavy atom. The topological polar surface area (TPSA) is 41.9 Å². The number of rotatable bonds is 2. The van der Waals surface area contributed by atoms with Crippen LogP contribution in [0.2, 0.25) is 0 Å². The van der Waals surface area contributed by atoms with Crippen molar-refractivity contribution in [3.8, 4) is 0 Å². The highest BCUT2D eigenvalue weighted by atomic mass is 15.1. The van der Waals surface area contributed by atoms with Crippen molar-refractivity contribution in [2.45, 2.75) is 45.7 Å². The highest BCUT2D eigenvalue weighted by molar-refractivity contribution is 5.84. The van der Waals surface area contributed by atoms with E-state index in [0.29, 0.717) is 0 Å². The monoisotopic (exact) mass is 332 g/mol. The molecule has 25 heavy (non-hydrogen) atoms. The van der Waals surface area contributed by atoms with Crippen molar-refractivity contribution in [2.75, 3.05) is 6.54 Å². The molecule has 0 unspecified atom stereocenters. The van der Waals surface area contributed by atoms with Crippen molar-refractivity contribution in [1.29, 1.82) is 0 Å². The Hall–Kier alpha value is -2.33. The first-order valence-corrected chi connectivity index (χ1v) is 8.90. The Kier molecular flexibility index (Phi) is 4.00. The van der Waals surface area contributed by atoms with Gasteiger partial charge in [0.1, 0.15) is 5.82 Å². The summed E-state index contributed by atoms with van der Waals surface area (Å²) in [7, 11) is 0. The molecule has 0 bridgehead atoms. The number of pyridine rings is 1. The molecule has 0 saturated heterocycles. The lowest BCUT2D eigenvalue weighted by Crippen LogP contribution is -2.32. The van der Waals surface area contributed by atoms with Crippen LogP contribution in [0.1, 0.15) is 43.4 Å². The van der Waals surface area contributed by atoms with Crippen LogP contribution >= 0.6 is 0 Å². The second-order valence-corrected chi connectivity index (χ2v) is 7.89. The molecule has 0 spiro atoms. The smallest absolute Gasteiger partial charge is 0.133 e. The summed E-state index contributed by atoms with van der Waals surface area (Å²) in [5.41, 5.74) is 3.83. The summed E-state index contributed by atoms with van der Waals surface area (Å²) in [5.74, 6) is 0.935. The van der Waals surface area contributed by atoms with Gasteiger partial charge in [-0.05, 0) is 29.0 Å². The maximum Gasteiger partial charge on any atom is 0.133 e. The highest BCUT2D eigenvalue weighted by Crippen LogP contribution is 2.25. The highest BCUT2D eigenvalue weighted by Gasteiger charge is 2.23. The second kappa shape index (κ2) is 6.19. The van der Waals surface area contributed by atoms with E-state index in [0.717, 1.165) is 31.9 Å². The lowest BCUT2D eigenvalue weighted by Gasteiger charge is -2.29. The van der Waals surface area contributed by atoms with E-state index in [1.54, 1.807) is 0 Å². The van der Waals surface area contributed by atoms with Gasteiger partial charge in [-0.2, -0.15) is 0 Å². The lowest BCUT2D eigenvalue weighted by atomic mass is 9.95. The van der Waals surface area contributed by atoms with E-state index in [4.69, 9.17) is 4.98 Å². The first-order valence-electron chi connectivity index (χ1n) is 8.90. The zero-order chi connectivity index (χ0) is 17.4. The van der Waals surface area contributed by atoms with E-state index in [1.165, 1.54) is 27.6 Å². The molecule has 4 rings (SSSR count). The molecule has 2 aromatic heterocycles. The van der Waals surface area contributed by atoms with Crippen LogP contribution in [-0.4, -0.2) is 26.4 Å². The fraction of sp³-hybridized carbons (Fsp3) is 0.381. The largest absolute Gasteiger partial charge is 0.293 e. The molecule has 0 radical (unpaired) electrons. The molecule has 4 heteroatoms. The molecule has 0 amide bonds. The molecular weight excluding hydrogens is 308 g/mol. The maximum atomic E-state index is 4.88. The molecular formula is C21H24N4. The number of hydrogen-bond donors (Lipinski definition) is 0. The SMILES string of the molecule is CC(C)(C)c1ncc2c(n1)CN(Cc1cccc3cnccc13)CC2. The van der Waals surface area contributed by atoms with Crippen LogP contribution in [0.25, 0.3) is 10.8 Å². The maximum absolute atomic E-state index is 4.88. The van der Waals surface area contributed by atoms with E-state index >= 15 is 0 Å². The Morgan fingerprint density at radius 3 is 2.84 bits per heavy atom. The van der Waals surface area contributed by atoms with Crippen molar-refractivity contribution in [3.63, 3.8) is 0 Å². The van der Waals surface area contributed by atoms with Crippen LogP contribution in [0.15, 0.2) is 42.9 Å². The standard InChI is InChI=1S/C21H24N4/c1-21(2,3)20-23-12-16-8-10-25(14-19(16)24-20)13-17-6-4-5-15-11-22-9-7-18(15)17/h4-7,9,11-12H,8,10,13-14H2,1-3H3. The molecule has 1 aromatic carbocycles. The van der Waals surface area contributed by atoms with Crippen LogP contribution in [0.4, 0.5) is 0 Å². The van der Waals surface area contributed by atoms with E-state index in [9.17, 15) is 0 Å². The number of aromatic nitrogens is 3. The molecule has 3 aromatic rings. The predicted octanol–water partition coefficient (Wildman–Crippen LogP) is 3.88. The number of fused-ring (bicyclic) bond motifs is 2. The van der Waals surface area contributed by atoms with Crippen LogP contribution < -0.4 is 0 Å². The van der Waals surface area contributed by atoms with Gasteiger partial charge in [-0.25, -0.2) is 9.97 Å².